The molecule has 0 spiro atoms. The third kappa shape index (κ3) is 5.23. The van der Waals surface area contributed by atoms with E-state index >= 15 is 0 Å². The molecular weight excluding hydrogens is 427 g/mol. The van der Waals surface area contributed by atoms with Crippen molar-refractivity contribution in [3.8, 4) is 0 Å². The average Bonchev–Trinajstić information content (AvgIpc) is 3.03. The van der Waals surface area contributed by atoms with Crippen molar-refractivity contribution in [2.75, 3.05) is 24.8 Å². The molecule has 0 saturated heterocycles. The number of imidazole rings is 1. The molecule has 5 nitrogen and oxygen atoms in total. The first kappa shape index (κ1) is 21.5. The fraction of sp³-hybridized carbons (Fsp3) is 0.263. The van der Waals surface area contributed by atoms with E-state index in [4.69, 9.17) is 16.3 Å². The van der Waals surface area contributed by atoms with E-state index in [1.54, 1.807) is 7.11 Å². The Labute approximate surface area is 174 Å². The van der Waals surface area contributed by atoms with E-state index < -0.39 is 17.6 Å². The van der Waals surface area contributed by atoms with E-state index in [0.29, 0.717) is 18.3 Å². The van der Waals surface area contributed by atoms with E-state index in [-0.39, 0.29) is 16.5 Å². The molecule has 0 aliphatic carbocycles. The third-order valence-corrected chi connectivity index (χ3v) is 5.34. The van der Waals surface area contributed by atoms with Gasteiger partial charge in [-0.2, -0.15) is 13.2 Å². The molecule has 10 heteroatoms. The van der Waals surface area contributed by atoms with Crippen molar-refractivity contribution in [3.63, 3.8) is 0 Å². The summed E-state index contributed by atoms with van der Waals surface area (Å²) in [7, 11) is 1.60. The van der Waals surface area contributed by atoms with Crippen molar-refractivity contribution in [3.05, 3.63) is 53.1 Å². The minimum Gasteiger partial charge on any atom is -0.383 e. The van der Waals surface area contributed by atoms with Gasteiger partial charge in [0, 0.05) is 13.7 Å². The molecule has 1 amide bonds. The van der Waals surface area contributed by atoms with Gasteiger partial charge in [-0.15, -0.1) is 0 Å². The lowest BCUT2D eigenvalue weighted by molar-refractivity contribution is -0.137. The number of nitrogens with one attached hydrogen (secondary N) is 1. The number of benzene rings is 2. The monoisotopic (exact) mass is 443 g/mol. The Morgan fingerprint density at radius 1 is 1.28 bits per heavy atom. The van der Waals surface area contributed by atoms with Crippen molar-refractivity contribution in [2.24, 2.45) is 0 Å². The van der Waals surface area contributed by atoms with Crippen LogP contribution in [-0.4, -0.2) is 34.9 Å². The van der Waals surface area contributed by atoms with Crippen LogP contribution in [0.3, 0.4) is 0 Å². The van der Waals surface area contributed by atoms with Gasteiger partial charge < -0.3 is 14.6 Å². The molecule has 1 N–H and O–H groups in total. The summed E-state index contributed by atoms with van der Waals surface area (Å²) in [6, 6.07) is 10.3. The number of nitrogens with zero attached hydrogens (tertiary/aromatic N) is 2. The molecular formula is C19H17ClF3N3O2S. The Bertz CT molecular complexity index is 1020. The highest BCUT2D eigenvalue weighted by atomic mass is 35.5. The van der Waals surface area contributed by atoms with Crippen LogP contribution in [0, 0.1) is 0 Å². The number of hydrogen-bond donors (Lipinski definition) is 1. The Morgan fingerprint density at radius 2 is 2.03 bits per heavy atom. The van der Waals surface area contributed by atoms with Crippen LogP contribution in [0.5, 0.6) is 0 Å². The number of rotatable bonds is 7. The van der Waals surface area contributed by atoms with Gasteiger partial charge >= 0.3 is 6.18 Å². The number of carbonyl (C=O) groups is 1. The van der Waals surface area contributed by atoms with Crippen LogP contribution in [0.1, 0.15) is 5.56 Å². The SMILES string of the molecule is COCCn1c(SCC(=O)Nc2cc(C(F)(F)F)ccc2Cl)nc2ccccc21. The number of alkyl halides is 3. The number of para-hydroxylation sites is 2. The molecule has 3 aromatic rings. The summed E-state index contributed by atoms with van der Waals surface area (Å²) in [5.41, 5.74) is 0.729. The molecule has 0 unspecified atom stereocenters. The van der Waals surface area contributed by atoms with Gasteiger partial charge in [-0.05, 0) is 30.3 Å². The smallest absolute Gasteiger partial charge is 0.383 e. The first-order valence-electron chi connectivity index (χ1n) is 8.53. The Morgan fingerprint density at radius 3 is 2.76 bits per heavy atom. The molecule has 0 bridgehead atoms. The number of hydrogen-bond acceptors (Lipinski definition) is 4. The minimum absolute atomic E-state index is 0.0312. The van der Waals surface area contributed by atoms with E-state index in [2.05, 4.69) is 10.3 Å². The molecule has 154 valence electrons. The summed E-state index contributed by atoms with van der Waals surface area (Å²) >= 11 is 7.11. The van der Waals surface area contributed by atoms with Crippen LogP contribution >= 0.6 is 23.4 Å². The zero-order valence-electron chi connectivity index (χ0n) is 15.3. The van der Waals surface area contributed by atoms with Crippen molar-refractivity contribution < 1.29 is 22.7 Å². The molecule has 0 radical (unpaired) electrons. The summed E-state index contributed by atoms with van der Waals surface area (Å²) in [4.78, 5) is 16.8. The largest absolute Gasteiger partial charge is 0.416 e. The average molecular weight is 444 g/mol. The van der Waals surface area contributed by atoms with Gasteiger partial charge in [0.2, 0.25) is 5.91 Å². The highest BCUT2D eigenvalue weighted by Gasteiger charge is 2.31. The predicted octanol–water partition coefficient (Wildman–Crippen LogP) is 5.09. The number of fused-ring (bicyclic) bond motifs is 1. The fourth-order valence-electron chi connectivity index (χ4n) is 2.68. The molecule has 0 atom stereocenters. The lowest BCUT2D eigenvalue weighted by atomic mass is 10.2. The predicted molar refractivity (Wildman–Crippen MR) is 107 cm³/mol. The zero-order valence-corrected chi connectivity index (χ0v) is 16.9. The number of methoxy groups -OCH3 is 1. The molecule has 1 aromatic heterocycles. The number of thioether (sulfide) groups is 1. The van der Waals surface area contributed by atoms with Gasteiger partial charge in [0.25, 0.3) is 0 Å². The summed E-state index contributed by atoms with van der Waals surface area (Å²) in [6.45, 7) is 1.03. The van der Waals surface area contributed by atoms with Crippen molar-refractivity contribution in [1.29, 1.82) is 0 Å². The maximum atomic E-state index is 12.9. The van der Waals surface area contributed by atoms with Gasteiger partial charge in [-0.3, -0.25) is 4.79 Å². The number of aromatic nitrogens is 2. The van der Waals surface area contributed by atoms with E-state index in [1.807, 2.05) is 28.8 Å². The number of anilines is 1. The van der Waals surface area contributed by atoms with E-state index in [9.17, 15) is 18.0 Å². The molecule has 0 saturated carbocycles. The lowest BCUT2D eigenvalue weighted by Gasteiger charge is -2.12. The zero-order chi connectivity index (χ0) is 21.0. The first-order valence-corrected chi connectivity index (χ1v) is 9.89. The minimum atomic E-state index is -4.52. The van der Waals surface area contributed by atoms with Gasteiger partial charge in [0.1, 0.15) is 0 Å². The summed E-state index contributed by atoms with van der Waals surface area (Å²) in [5, 5.41) is 3.09. The second-order valence-corrected chi connectivity index (χ2v) is 7.41. The van der Waals surface area contributed by atoms with Crippen LogP contribution in [0.25, 0.3) is 11.0 Å². The second kappa shape index (κ2) is 9.06. The summed E-state index contributed by atoms with van der Waals surface area (Å²) < 4.78 is 45.7. The highest BCUT2D eigenvalue weighted by molar-refractivity contribution is 7.99. The lowest BCUT2D eigenvalue weighted by Crippen LogP contribution is -2.16. The van der Waals surface area contributed by atoms with Crippen LogP contribution in [0.2, 0.25) is 5.02 Å². The van der Waals surface area contributed by atoms with Crippen LogP contribution in [0.15, 0.2) is 47.6 Å². The Balaban J connectivity index is 1.73. The maximum absolute atomic E-state index is 12.9. The fourth-order valence-corrected chi connectivity index (χ4v) is 3.68. The number of halogens is 4. The van der Waals surface area contributed by atoms with Gasteiger partial charge in [0.05, 0.1) is 39.7 Å². The van der Waals surface area contributed by atoms with Crippen molar-refractivity contribution >= 4 is 46.0 Å². The van der Waals surface area contributed by atoms with Crippen LogP contribution in [0.4, 0.5) is 18.9 Å². The molecule has 3 rings (SSSR count). The number of ether oxygens (including phenoxy) is 1. The quantitative estimate of drug-likeness (QED) is 0.517. The molecule has 29 heavy (non-hydrogen) atoms. The Kier molecular flexibility index (Phi) is 6.71. The summed E-state index contributed by atoms with van der Waals surface area (Å²) in [6.07, 6.45) is -4.52. The third-order valence-electron chi connectivity index (χ3n) is 4.04. The second-order valence-electron chi connectivity index (χ2n) is 6.06. The number of carbonyl (C=O) groups excluding carboxylic acids is 1. The first-order chi connectivity index (χ1) is 13.8. The number of amides is 1. The molecule has 2 aromatic carbocycles. The van der Waals surface area contributed by atoms with Gasteiger partial charge in [-0.25, -0.2) is 4.98 Å². The van der Waals surface area contributed by atoms with Gasteiger partial charge in [-0.1, -0.05) is 35.5 Å². The highest BCUT2D eigenvalue weighted by Crippen LogP contribution is 2.34. The maximum Gasteiger partial charge on any atom is 0.416 e. The van der Waals surface area contributed by atoms with Gasteiger partial charge in [0.15, 0.2) is 5.16 Å². The van der Waals surface area contributed by atoms with E-state index in [0.717, 1.165) is 29.2 Å². The topological polar surface area (TPSA) is 56.1 Å². The molecule has 0 aliphatic heterocycles. The van der Waals surface area contributed by atoms with Crippen molar-refractivity contribution in [2.45, 2.75) is 17.9 Å². The molecule has 0 fully saturated rings. The standard InChI is InChI=1S/C19H17ClF3N3O2S/c1-28-9-8-26-16-5-3-2-4-14(16)25-18(26)29-11-17(27)24-15-10-12(19(21,22)23)6-7-13(15)20/h2-7,10H,8-9,11H2,1H3,(H,24,27). The van der Waals surface area contributed by atoms with Crippen LogP contribution < -0.4 is 5.32 Å². The normalized spacial score (nSPS) is 11.8. The van der Waals surface area contributed by atoms with Crippen molar-refractivity contribution in [1.82, 2.24) is 9.55 Å². The molecule has 1 heterocycles. The summed E-state index contributed by atoms with van der Waals surface area (Å²) in [5.74, 6) is -0.523. The Hall–Kier alpha value is -2.23. The van der Waals surface area contributed by atoms with E-state index in [1.165, 1.54) is 11.8 Å². The molecule has 0 aliphatic rings. The van der Waals surface area contributed by atoms with Crippen LogP contribution in [-0.2, 0) is 22.3 Å².